The Morgan fingerprint density at radius 3 is 2.36 bits per heavy atom. The van der Waals surface area contributed by atoms with Gasteiger partial charge in [0.1, 0.15) is 6.61 Å². The number of carbonyl (C=O) groups excluding carboxylic acids is 1. The number of piperidine rings is 1. The number of nitrogens with one attached hydrogen (secondary N) is 2. The van der Waals surface area contributed by atoms with Crippen molar-refractivity contribution in [1.29, 1.82) is 0 Å². The third-order valence-corrected chi connectivity index (χ3v) is 6.62. The number of hydrogen-bond acceptors (Lipinski definition) is 3. The largest absolute Gasteiger partial charge is 0.449 e. The summed E-state index contributed by atoms with van der Waals surface area (Å²) in [5.41, 5.74) is 5.02. The molecular weight excluding hydrogens is 348 g/mol. The maximum atomic E-state index is 12.3. The van der Waals surface area contributed by atoms with Gasteiger partial charge in [-0.25, -0.2) is 4.79 Å². The first-order valence-electron chi connectivity index (χ1n) is 10.6. The molecular formula is C24H28N2O2. The highest BCUT2D eigenvalue weighted by molar-refractivity contribution is 5.79. The minimum absolute atomic E-state index is 0.122. The van der Waals surface area contributed by atoms with Crippen molar-refractivity contribution in [3.05, 3.63) is 59.7 Å². The molecule has 0 spiro atoms. The lowest BCUT2D eigenvalue weighted by atomic mass is 9.90. The molecule has 3 aliphatic rings. The van der Waals surface area contributed by atoms with Crippen molar-refractivity contribution >= 4 is 6.09 Å². The van der Waals surface area contributed by atoms with E-state index in [4.69, 9.17) is 4.74 Å². The fourth-order valence-corrected chi connectivity index (χ4v) is 4.95. The van der Waals surface area contributed by atoms with E-state index in [9.17, 15) is 4.79 Å². The molecule has 2 fully saturated rings. The molecule has 1 aliphatic heterocycles. The number of ether oxygens (including phenoxy) is 1. The van der Waals surface area contributed by atoms with Crippen molar-refractivity contribution in [1.82, 2.24) is 10.6 Å². The average Bonchev–Trinajstić information content (AvgIpc) is 3.54. The second kappa shape index (κ2) is 7.59. The van der Waals surface area contributed by atoms with Gasteiger partial charge in [0, 0.05) is 18.5 Å². The van der Waals surface area contributed by atoms with Crippen molar-refractivity contribution < 1.29 is 9.53 Å². The van der Waals surface area contributed by atoms with Gasteiger partial charge in [0.15, 0.2) is 0 Å². The van der Waals surface area contributed by atoms with Gasteiger partial charge in [-0.2, -0.15) is 0 Å². The smallest absolute Gasteiger partial charge is 0.407 e. The molecule has 5 rings (SSSR count). The van der Waals surface area contributed by atoms with E-state index < -0.39 is 0 Å². The average molecular weight is 377 g/mol. The van der Waals surface area contributed by atoms with Crippen LogP contribution in [0, 0.1) is 11.8 Å². The number of rotatable bonds is 5. The Morgan fingerprint density at radius 1 is 1.00 bits per heavy atom. The minimum Gasteiger partial charge on any atom is -0.449 e. The molecule has 0 radical (unpaired) electrons. The first-order chi connectivity index (χ1) is 13.8. The maximum absolute atomic E-state index is 12.3. The zero-order valence-corrected chi connectivity index (χ0v) is 16.2. The minimum atomic E-state index is -0.289. The van der Waals surface area contributed by atoms with Crippen molar-refractivity contribution in [3.63, 3.8) is 0 Å². The molecule has 1 saturated heterocycles. The molecule has 4 nitrogen and oxygen atoms in total. The lowest BCUT2D eigenvalue weighted by molar-refractivity contribution is 0.139. The second-order valence-corrected chi connectivity index (χ2v) is 8.49. The molecule has 2 atom stereocenters. The Labute approximate surface area is 166 Å². The van der Waals surface area contributed by atoms with Crippen molar-refractivity contribution in [2.24, 2.45) is 11.8 Å². The van der Waals surface area contributed by atoms with Gasteiger partial charge in [0.05, 0.1) is 0 Å². The predicted molar refractivity (Wildman–Crippen MR) is 110 cm³/mol. The number of carbonyl (C=O) groups is 1. The number of hydrogen-bond donors (Lipinski definition) is 2. The van der Waals surface area contributed by atoms with Crippen LogP contribution in [0.25, 0.3) is 11.1 Å². The van der Waals surface area contributed by atoms with Gasteiger partial charge >= 0.3 is 6.09 Å². The Hall–Kier alpha value is -2.33. The third-order valence-electron chi connectivity index (χ3n) is 6.62. The number of fused-ring (bicyclic) bond motifs is 3. The van der Waals surface area contributed by atoms with E-state index >= 15 is 0 Å². The summed E-state index contributed by atoms with van der Waals surface area (Å²) in [7, 11) is 0. The summed E-state index contributed by atoms with van der Waals surface area (Å²) in [4.78, 5) is 12.3. The highest BCUT2D eigenvalue weighted by Gasteiger charge is 2.34. The third kappa shape index (κ3) is 3.53. The fourth-order valence-electron chi connectivity index (χ4n) is 4.95. The van der Waals surface area contributed by atoms with Crippen LogP contribution < -0.4 is 10.6 Å². The molecule has 1 amide bonds. The van der Waals surface area contributed by atoms with E-state index in [1.165, 1.54) is 41.5 Å². The molecule has 0 bridgehead atoms. The molecule has 4 heteroatoms. The van der Waals surface area contributed by atoms with Crippen LogP contribution in [0.5, 0.6) is 0 Å². The summed E-state index contributed by atoms with van der Waals surface area (Å²) in [6, 6.07) is 17.5. The molecule has 28 heavy (non-hydrogen) atoms. The van der Waals surface area contributed by atoms with Crippen LogP contribution in [0.15, 0.2) is 48.5 Å². The summed E-state index contributed by atoms with van der Waals surface area (Å²) in [5, 5.41) is 6.65. The molecule has 0 aromatic heterocycles. The molecule has 2 aliphatic carbocycles. The monoisotopic (exact) mass is 376 g/mol. The zero-order valence-electron chi connectivity index (χ0n) is 16.2. The van der Waals surface area contributed by atoms with Crippen LogP contribution in [0.4, 0.5) is 4.79 Å². The van der Waals surface area contributed by atoms with Crippen LogP contribution in [0.1, 0.15) is 42.7 Å². The predicted octanol–water partition coefficient (Wildman–Crippen LogP) is 4.30. The SMILES string of the molecule is O=C(NCC1CCNC(C2CC2)C1)OCC1c2ccccc2-c2ccccc21. The lowest BCUT2D eigenvalue weighted by Gasteiger charge is -2.30. The molecule has 2 N–H and O–H groups in total. The maximum Gasteiger partial charge on any atom is 0.407 e. The first-order valence-corrected chi connectivity index (χ1v) is 10.6. The highest BCUT2D eigenvalue weighted by Crippen LogP contribution is 2.44. The molecule has 2 unspecified atom stereocenters. The quantitative estimate of drug-likeness (QED) is 0.818. The Bertz CT molecular complexity index is 816. The normalized spacial score (nSPS) is 23.7. The zero-order chi connectivity index (χ0) is 18.9. The highest BCUT2D eigenvalue weighted by atomic mass is 16.5. The molecule has 2 aromatic carbocycles. The topological polar surface area (TPSA) is 50.4 Å². The van der Waals surface area contributed by atoms with Gasteiger partial charge in [-0.15, -0.1) is 0 Å². The summed E-state index contributed by atoms with van der Waals surface area (Å²) in [5.74, 6) is 1.56. The molecule has 1 saturated carbocycles. The van der Waals surface area contributed by atoms with E-state index in [2.05, 4.69) is 59.2 Å². The summed E-state index contributed by atoms with van der Waals surface area (Å²) < 4.78 is 5.65. The van der Waals surface area contributed by atoms with E-state index in [1.807, 2.05) is 0 Å². The summed E-state index contributed by atoms with van der Waals surface area (Å²) in [6.07, 6.45) is 4.75. The standard InChI is InChI=1S/C24H28N2O2/c27-24(26-14-16-11-12-25-23(13-16)17-9-10-17)28-15-22-20-7-3-1-5-18(20)19-6-2-4-8-21(19)22/h1-8,16-17,22-23,25H,9-15H2,(H,26,27). The van der Waals surface area contributed by atoms with Gasteiger partial charge in [-0.1, -0.05) is 48.5 Å². The van der Waals surface area contributed by atoms with Crippen LogP contribution in [-0.4, -0.2) is 31.8 Å². The Kier molecular flexibility index (Phi) is 4.81. The number of alkyl carbamates (subject to hydrolysis) is 1. The van der Waals surface area contributed by atoms with E-state index in [0.29, 0.717) is 18.6 Å². The lowest BCUT2D eigenvalue weighted by Crippen LogP contribution is -2.43. The van der Waals surface area contributed by atoms with E-state index in [0.717, 1.165) is 25.4 Å². The number of benzene rings is 2. The van der Waals surface area contributed by atoms with Gasteiger partial charge < -0.3 is 15.4 Å². The Balaban J connectivity index is 1.17. The van der Waals surface area contributed by atoms with Crippen LogP contribution in [0.2, 0.25) is 0 Å². The van der Waals surface area contributed by atoms with Gasteiger partial charge in [0.25, 0.3) is 0 Å². The van der Waals surface area contributed by atoms with Gasteiger partial charge in [-0.05, 0) is 66.3 Å². The van der Waals surface area contributed by atoms with Crippen LogP contribution >= 0.6 is 0 Å². The molecule has 1 heterocycles. The fraction of sp³-hybridized carbons (Fsp3) is 0.458. The van der Waals surface area contributed by atoms with Crippen LogP contribution in [-0.2, 0) is 4.74 Å². The number of amides is 1. The second-order valence-electron chi connectivity index (χ2n) is 8.49. The van der Waals surface area contributed by atoms with Crippen LogP contribution in [0.3, 0.4) is 0 Å². The molecule has 2 aromatic rings. The van der Waals surface area contributed by atoms with Gasteiger partial charge in [-0.3, -0.25) is 0 Å². The van der Waals surface area contributed by atoms with Crippen molar-refractivity contribution in [2.75, 3.05) is 19.7 Å². The molecule has 146 valence electrons. The van der Waals surface area contributed by atoms with E-state index in [1.54, 1.807) is 0 Å². The van der Waals surface area contributed by atoms with Crippen molar-refractivity contribution in [2.45, 2.75) is 37.6 Å². The van der Waals surface area contributed by atoms with E-state index in [-0.39, 0.29) is 12.0 Å². The first kappa shape index (κ1) is 17.7. The van der Waals surface area contributed by atoms with Gasteiger partial charge in [0.2, 0.25) is 0 Å². The summed E-state index contributed by atoms with van der Waals surface area (Å²) in [6.45, 7) is 2.18. The van der Waals surface area contributed by atoms with Crippen molar-refractivity contribution in [3.8, 4) is 11.1 Å². The Morgan fingerprint density at radius 2 is 1.68 bits per heavy atom. The summed E-state index contributed by atoms with van der Waals surface area (Å²) >= 11 is 0.